The van der Waals surface area contributed by atoms with E-state index in [2.05, 4.69) is 22.2 Å². The van der Waals surface area contributed by atoms with E-state index in [4.69, 9.17) is 0 Å². The first kappa shape index (κ1) is 7.47. The van der Waals surface area contributed by atoms with Crippen molar-refractivity contribution in [1.29, 1.82) is 0 Å². The van der Waals surface area contributed by atoms with Crippen LogP contribution in [0.15, 0.2) is 6.20 Å². The Bertz CT molecular complexity index is 359. The Morgan fingerprint density at radius 2 is 2.23 bits per heavy atom. The summed E-state index contributed by atoms with van der Waals surface area (Å²) in [6.45, 7) is 4.13. The molecule has 0 unspecified atom stereocenters. The highest BCUT2D eigenvalue weighted by Gasteiger charge is 2.23. The first-order valence-electron chi connectivity index (χ1n) is 4.72. The van der Waals surface area contributed by atoms with Crippen LogP contribution < -0.4 is 5.32 Å². The van der Waals surface area contributed by atoms with E-state index in [-0.39, 0.29) is 0 Å². The van der Waals surface area contributed by atoms with Crippen LogP contribution in [0.25, 0.3) is 0 Å². The van der Waals surface area contributed by atoms with Gasteiger partial charge in [-0.2, -0.15) is 0 Å². The lowest BCUT2D eigenvalue weighted by molar-refractivity contribution is 0.352. The predicted molar refractivity (Wildman–Crippen MR) is 50.0 cm³/mol. The SMILES string of the molecule is CN1Cc2cnc3c(c2C1)CNC3. The third kappa shape index (κ3) is 1.01. The summed E-state index contributed by atoms with van der Waals surface area (Å²) >= 11 is 0. The molecule has 2 aliphatic rings. The van der Waals surface area contributed by atoms with Gasteiger partial charge in [0, 0.05) is 32.4 Å². The Labute approximate surface area is 77.8 Å². The Balaban J connectivity index is 2.16. The second-order valence-corrected chi connectivity index (χ2v) is 3.96. The second kappa shape index (κ2) is 2.53. The smallest absolute Gasteiger partial charge is 0.0590 e. The van der Waals surface area contributed by atoms with Gasteiger partial charge in [-0.25, -0.2) is 0 Å². The van der Waals surface area contributed by atoms with Gasteiger partial charge in [0.05, 0.1) is 5.69 Å². The maximum Gasteiger partial charge on any atom is 0.0590 e. The monoisotopic (exact) mass is 175 g/mol. The van der Waals surface area contributed by atoms with Crippen molar-refractivity contribution in [1.82, 2.24) is 15.2 Å². The molecule has 1 aromatic rings. The van der Waals surface area contributed by atoms with Crippen molar-refractivity contribution < 1.29 is 0 Å². The van der Waals surface area contributed by atoms with E-state index in [1.54, 1.807) is 0 Å². The molecule has 0 aliphatic carbocycles. The highest BCUT2D eigenvalue weighted by molar-refractivity contribution is 5.40. The zero-order valence-corrected chi connectivity index (χ0v) is 7.80. The number of fused-ring (bicyclic) bond motifs is 3. The number of nitrogens with one attached hydrogen (secondary N) is 1. The predicted octanol–water partition coefficient (Wildman–Crippen LogP) is 0.630. The van der Waals surface area contributed by atoms with E-state index >= 15 is 0 Å². The highest BCUT2D eigenvalue weighted by Crippen LogP contribution is 2.27. The summed E-state index contributed by atoms with van der Waals surface area (Å²) in [5, 5.41) is 3.35. The summed E-state index contributed by atoms with van der Waals surface area (Å²) in [5.41, 5.74) is 5.67. The minimum Gasteiger partial charge on any atom is -0.307 e. The first-order valence-corrected chi connectivity index (χ1v) is 4.72. The number of rotatable bonds is 0. The third-order valence-corrected chi connectivity index (χ3v) is 2.94. The van der Waals surface area contributed by atoms with Gasteiger partial charge in [0.1, 0.15) is 0 Å². The lowest BCUT2D eigenvalue weighted by Gasteiger charge is -2.04. The summed E-state index contributed by atoms with van der Waals surface area (Å²) in [4.78, 5) is 6.81. The van der Waals surface area contributed by atoms with Crippen LogP contribution in [0.3, 0.4) is 0 Å². The zero-order chi connectivity index (χ0) is 8.84. The van der Waals surface area contributed by atoms with Crippen molar-refractivity contribution in [3.8, 4) is 0 Å². The molecule has 3 rings (SSSR count). The maximum absolute atomic E-state index is 4.48. The largest absolute Gasteiger partial charge is 0.307 e. The third-order valence-electron chi connectivity index (χ3n) is 2.94. The Morgan fingerprint density at radius 3 is 3.15 bits per heavy atom. The fourth-order valence-corrected chi connectivity index (χ4v) is 2.30. The van der Waals surface area contributed by atoms with E-state index in [1.165, 1.54) is 22.4 Å². The van der Waals surface area contributed by atoms with Crippen LogP contribution in [0, 0.1) is 0 Å². The normalized spacial score (nSPS) is 20.4. The molecule has 3 heterocycles. The average Bonchev–Trinajstić information content (AvgIpc) is 2.65. The van der Waals surface area contributed by atoms with Gasteiger partial charge in [-0.1, -0.05) is 0 Å². The topological polar surface area (TPSA) is 28.2 Å². The Kier molecular flexibility index (Phi) is 1.45. The minimum absolute atomic E-state index is 0.951. The van der Waals surface area contributed by atoms with Crippen LogP contribution >= 0.6 is 0 Å². The molecular formula is C10H13N3. The number of hydrogen-bond acceptors (Lipinski definition) is 3. The van der Waals surface area contributed by atoms with Crippen LogP contribution in [0.2, 0.25) is 0 Å². The molecule has 1 N–H and O–H groups in total. The number of pyridine rings is 1. The molecule has 2 aliphatic heterocycles. The van der Waals surface area contributed by atoms with Gasteiger partial charge in [-0.3, -0.25) is 9.88 Å². The van der Waals surface area contributed by atoms with E-state index < -0.39 is 0 Å². The van der Waals surface area contributed by atoms with Gasteiger partial charge in [0.15, 0.2) is 0 Å². The van der Waals surface area contributed by atoms with Crippen molar-refractivity contribution in [3.63, 3.8) is 0 Å². The van der Waals surface area contributed by atoms with Crippen molar-refractivity contribution >= 4 is 0 Å². The molecule has 3 heteroatoms. The molecule has 0 atom stereocenters. The number of hydrogen-bond donors (Lipinski definition) is 1. The molecule has 0 radical (unpaired) electrons. The van der Waals surface area contributed by atoms with Gasteiger partial charge < -0.3 is 5.32 Å². The summed E-state index contributed by atoms with van der Waals surface area (Å²) in [5.74, 6) is 0. The van der Waals surface area contributed by atoms with Gasteiger partial charge in [-0.15, -0.1) is 0 Å². The lowest BCUT2D eigenvalue weighted by atomic mass is 10.1. The van der Waals surface area contributed by atoms with Crippen molar-refractivity contribution in [2.24, 2.45) is 0 Å². The lowest BCUT2D eigenvalue weighted by Crippen LogP contribution is -2.08. The van der Waals surface area contributed by atoms with Gasteiger partial charge in [0.2, 0.25) is 0 Å². The maximum atomic E-state index is 4.48. The molecule has 0 saturated carbocycles. The fourth-order valence-electron chi connectivity index (χ4n) is 2.30. The van der Waals surface area contributed by atoms with Gasteiger partial charge >= 0.3 is 0 Å². The first-order chi connectivity index (χ1) is 6.34. The molecule has 68 valence electrons. The second-order valence-electron chi connectivity index (χ2n) is 3.96. The van der Waals surface area contributed by atoms with Crippen LogP contribution in [-0.4, -0.2) is 16.9 Å². The summed E-state index contributed by atoms with van der Waals surface area (Å²) in [6, 6.07) is 0. The molecule has 1 aromatic heterocycles. The van der Waals surface area contributed by atoms with Gasteiger partial charge in [0.25, 0.3) is 0 Å². The molecule has 0 spiro atoms. The van der Waals surface area contributed by atoms with E-state index in [1.807, 2.05) is 6.20 Å². The molecule has 0 amide bonds. The quantitative estimate of drug-likeness (QED) is 0.627. The summed E-state index contributed by atoms with van der Waals surface area (Å²) in [7, 11) is 2.16. The fraction of sp³-hybridized carbons (Fsp3) is 0.500. The van der Waals surface area contributed by atoms with Gasteiger partial charge in [-0.05, 0) is 23.7 Å². The molecule has 0 fully saturated rings. The number of aromatic nitrogens is 1. The standard InChI is InChI=1S/C10H13N3/c1-13-5-7-2-12-10-4-11-3-8(10)9(7)6-13/h2,11H,3-6H2,1H3. The van der Waals surface area contributed by atoms with E-state index in [9.17, 15) is 0 Å². The number of nitrogens with zero attached hydrogens (tertiary/aromatic N) is 2. The van der Waals surface area contributed by atoms with Crippen molar-refractivity contribution in [3.05, 3.63) is 28.6 Å². The highest BCUT2D eigenvalue weighted by atomic mass is 15.1. The zero-order valence-electron chi connectivity index (χ0n) is 7.80. The molecular weight excluding hydrogens is 162 g/mol. The summed E-state index contributed by atoms with van der Waals surface area (Å²) < 4.78 is 0. The summed E-state index contributed by atoms with van der Waals surface area (Å²) in [6.07, 6.45) is 2.05. The van der Waals surface area contributed by atoms with Crippen LogP contribution in [-0.2, 0) is 26.2 Å². The van der Waals surface area contributed by atoms with Crippen LogP contribution in [0.4, 0.5) is 0 Å². The molecule has 0 saturated heterocycles. The molecule has 3 nitrogen and oxygen atoms in total. The van der Waals surface area contributed by atoms with Crippen molar-refractivity contribution in [2.75, 3.05) is 7.05 Å². The molecule has 0 bridgehead atoms. The van der Waals surface area contributed by atoms with Crippen LogP contribution in [0.5, 0.6) is 0 Å². The average molecular weight is 175 g/mol. The minimum atomic E-state index is 0.951. The Hall–Kier alpha value is -0.930. The molecule has 13 heavy (non-hydrogen) atoms. The van der Waals surface area contributed by atoms with E-state index in [0.29, 0.717) is 0 Å². The van der Waals surface area contributed by atoms with E-state index in [0.717, 1.165) is 26.2 Å². The Morgan fingerprint density at radius 1 is 1.31 bits per heavy atom. The van der Waals surface area contributed by atoms with Crippen LogP contribution in [0.1, 0.15) is 22.4 Å². The van der Waals surface area contributed by atoms with Crippen molar-refractivity contribution in [2.45, 2.75) is 26.2 Å². The molecule has 0 aromatic carbocycles.